The number of H-pyrrole nitrogens is 1. The van der Waals surface area contributed by atoms with Crippen molar-refractivity contribution < 1.29 is 14.6 Å². The molecule has 34 heavy (non-hydrogen) atoms. The minimum absolute atomic E-state index is 0.293. The summed E-state index contributed by atoms with van der Waals surface area (Å²) in [7, 11) is 0. The summed E-state index contributed by atoms with van der Waals surface area (Å²) in [5.74, 6) is 4.07. The molecule has 10 heteroatoms. The number of morpholine rings is 1. The van der Waals surface area contributed by atoms with Gasteiger partial charge in [0.2, 0.25) is 11.8 Å². The fraction of sp³-hybridized carbons (Fsp3) is 0.708. The van der Waals surface area contributed by atoms with Gasteiger partial charge < -0.3 is 25.2 Å². The van der Waals surface area contributed by atoms with Gasteiger partial charge in [0.15, 0.2) is 5.82 Å². The summed E-state index contributed by atoms with van der Waals surface area (Å²) in [6.07, 6.45) is 5.11. The zero-order valence-corrected chi connectivity index (χ0v) is 19.8. The van der Waals surface area contributed by atoms with Gasteiger partial charge in [0, 0.05) is 43.5 Å². The smallest absolute Gasteiger partial charge is 0.228 e. The highest BCUT2D eigenvalue weighted by atomic mass is 16.5. The van der Waals surface area contributed by atoms with Gasteiger partial charge in [-0.15, -0.1) is 0 Å². The van der Waals surface area contributed by atoms with Crippen LogP contribution < -0.4 is 15.4 Å². The van der Waals surface area contributed by atoms with E-state index in [0.29, 0.717) is 53.9 Å². The SMILES string of the molecule is Cc1cc(Nc2cc(OCCN3CCOCC3)nc(NC3C4CC5CC3CC(O)(C5)C4)n2)n[nH]1. The maximum Gasteiger partial charge on any atom is 0.228 e. The number of aryl methyl sites for hydroxylation is 1. The van der Waals surface area contributed by atoms with Crippen LogP contribution >= 0.6 is 0 Å². The molecule has 4 saturated carbocycles. The van der Waals surface area contributed by atoms with Gasteiger partial charge in [-0.2, -0.15) is 15.1 Å². The molecule has 4 N–H and O–H groups in total. The Morgan fingerprint density at radius 3 is 2.65 bits per heavy atom. The zero-order valence-electron chi connectivity index (χ0n) is 19.8. The Bertz CT molecular complexity index is 992. The van der Waals surface area contributed by atoms with Crippen LogP contribution in [-0.4, -0.2) is 81.3 Å². The highest BCUT2D eigenvalue weighted by molar-refractivity contribution is 5.55. The third kappa shape index (κ3) is 4.71. The van der Waals surface area contributed by atoms with E-state index < -0.39 is 5.60 Å². The van der Waals surface area contributed by atoms with Crippen molar-refractivity contribution in [2.45, 2.75) is 50.7 Å². The first-order valence-electron chi connectivity index (χ1n) is 12.6. The van der Waals surface area contributed by atoms with Crippen LogP contribution in [0.15, 0.2) is 12.1 Å². The second-order valence-electron chi connectivity index (χ2n) is 10.6. The van der Waals surface area contributed by atoms with Crippen LogP contribution in [0, 0.1) is 24.7 Å². The average Bonchev–Trinajstić information content (AvgIpc) is 3.20. The van der Waals surface area contributed by atoms with Gasteiger partial charge in [0.1, 0.15) is 12.4 Å². The second-order valence-corrected chi connectivity index (χ2v) is 10.6. The fourth-order valence-corrected chi connectivity index (χ4v) is 6.71. The molecular formula is C24H35N7O3. The molecule has 5 aliphatic rings. The van der Waals surface area contributed by atoms with Crippen LogP contribution in [0.25, 0.3) is 0 Å². The lowest BCUT2D eigenvalue weighted by molar-refractivity contribution is -0.129. The number of rotatable bonds is 8. The van der Waals surface area contributed by atoms with Crippen molar-refractivity contribution in [3.05, 3.63) is 17.8 Å². The number of nitrogens with one attached hydrogen (secondary N) is 3. The summed E-state index contributed by atoms with van der Waals surface area (Å²) in [4.78, 5) is 11.8. The Morgan fingerprint density at radius 2 is 1.94 bits per heavy atom. The number of hydrogen-bond donors (Lipinski definition) is 4. The summed E-state index contributed by atoms with van der Waals surface area (Å²) in [5.41, 5.74) is 0.522. The van der Waals surface area contributed by atoms with E-state index in [1.807, 2.05) is 19.1 Å². The molecule has 3 heterocycles. The lowest BCUT2D eigenvalue weighted by Gasteiger charge is -2.58. The quantitative estimate of drug-likeness (QED) is 0.461. The van der Waals surface area contributed by atoms with Crippen molar-refractivity contribution in [1.82, 2.24) is 25.1 Å². The molecule has 2 unspecified atom stereocenters. The predicted octanol–water partition coefficient (Wildman–Crippen LogP) is 2.31. The van der Waals surface area contributed by atoms with Gasteiger partial charge in [-0.1, -0.05) is 0 Å². The van der Waals surface area contributed by atoms with Gasteiger partial charge in [-0.25, -0.2) is 0 Å². The monoisotopic (exact) mass is 469 g/mol. The lowest BCUT2D eigenvalue weighted by atomic mass is 9.52. The van der Waals surface area contributed by atoms with E-state index in [2.05, 4.69) is 25.7 Å². The lowest BCUT2D eigenvalue weighted by Crippen LogP contribution is -2.59. The minimum Gasteiger partial charge on any atom is -0.476 e. The van der Waals surface area contributed by atoms with Crippen molar-refractivity contribution in [2.24, 2.45) is 17.8 Å². The normalized spacial score (nSPS) is 32.6. The average molecular weight is 470 g/mol. The van der Waals surface area contributed by atoms with Crippen molar-refractivity contribution in [2.75, 3.05) is 50.1 Å². The van der Waals surface area contributed by atoms with Crippen LogP contribution in [0.5, 0.6) is 5.88 Å². The van der Waals surface area contributed by atoms with Crippen molar-refractivity contribution >= 4 is 17.6 Å². The van der Waals surface area contributed by atoms with E-state index in [1.165, 1.54) is 12.8 Å². The van der Waals surface area contributed by atoms with Crippen LogP contribution in [-0.2, 0) is 4.74 Å². The molecule has 10 nitrogen and oxygen atoms in total. The van der Waals surface area contributed by atoms with Crippen LogP contribution in [0.1, 0.15) is 37.8 Å². The number of aromatic amines is 1. The summed E-state index contributed by atoms with van der Waals surface area (Å²) < 4.78 is 11.5. The molecule has 0 aromatic carbocycles. The molecule has 2 aromatic rings. The topological polar surface area (TPSA) is 120 Å². The molecule has 2 aromatic heterocycles. The van der Waals surface area contributed by atoms with E-state index in [4.69, 9.17) is 19.4 Å². The number of ether oxygens (including phenoxy) is 2. The Hall–Kier alpha value is -2.43. The third-order valence-electron chi connectivity index (χ3n) is 7.96. The first kappa shape index (κ1) is 22.1. The minimum atomic E-state index is -0.454. The highest BCUT2D eigenvalue weighted by Gasteiger charge is 2.54. The van der Waals surface area contributed by atoms with Gasteiger partial charge in [0.05, 0.1) is 18.8 Å². The van der Waals surface area contributed by atoms with Gasteiger partial charge in [0.25, 0.3) is 0 Å². The number of aromatic nitrogens is 4. The van der Waals surface area contributed by atoms with Gasteiger partial charge in [-0.3, -0.25) is 10.00 Å². The van der Waals surface area contributed by atoms with Gasteiger partial charge >= 0.3 is 0 Å². The van der Waals surface area contributed by atoms with Crippen LogP contribution in [0.2, 0.25) is 0 Å². The first-order chi connectivity index (χ1) is 16.5. The number of hydrogen-bond acceptors (Lipinski definition) is 9. The summed E-state index contributed by atoms with van der Waals surface area (Å²) in [6, 6.07) is 4.06. The Morgan fingerprint density at radius 1 is 1.15 bits per heavy atom. The molecule has 0 spiro atoms. The molecule has 4 aliphatic carbocycles. The number of aliphatic hydroxyl groups is 1. The number of anilines is 3. The summed E-state index contributed by atoms with van der Waals surface area (Å²) in [6.45, 7) is 6.78. The third-order valence-corrected chi connectivity index (χ3v) is 7.96. The molecule has 0 radical (unpaired) electrons. The van der Waals surface area contributed by atoms with E-state index in [1.54, 1.807) is 0 Å². The Balaban J connectivity index is 1.18. The van der Waals surface area contributed by atoms with Crippen molar-refractivity contribution in [1.29, 1.82) is 0 Å². The van der Waals surface area contributed by atoms with Crippen molar-refractivity contribution in [3.63, 3.8) is 0 Å². The predicted molar refractivity (Wildman–Crippen MR) is 127 cm³/mol. The summed E-state index contributed by atoms with van der Waals surface area (Å²) >= 11 is 0. The van der Waals surface area contributed by atoms with E-state index in [-0.39, 0.29) is 0 Å². The molecule has 1 saturated heterocycles. The molecule has 4 bridgehead atoms. The van der Waals surface area contributed by atoms with Crippen LogP contribution in [0.3, 0.4) is 0 Å². The Kier molecular flexibility index (Phi) is 5.82. The van der Waals surface area contributed by atoms with Gasteiger partial charge in [-0.05, 0) is 56.8 Å². The highest BCUT2D eigenvalue weighted by Crippen LogP contribution is 2.56. The van der Waals surface area contributed by atoms with Crippen molar-refractivity contribution in [3.8, 4) is 5.88 Å². The molecule has 1 aliphatic heterocycles. The van der Waals surface area contributed by atoms with E-state index >= 15 is 0 Å². The largest absolute Gasteiger partial charge is 0.476 e. The molecular weight excluding hydrogens is 434 g/mol. The maximum atomic E-state index is 10.9. The molecule has 184 valence electrons. The second kappa shape index (κ2) is 8.98. The summed E-state index contributed by atoms with van der Waals surface area (Å²) in [5, 5.41) is 25.1. The van der Waals surface area contributed by atoms with E-state index in [9.17, 15) is 5.11 Å². The van der Waals surface area contributed by atoms with Crippen LogP contribution in [0.4, 0.5) is 17.6 Å². The zero-order chi connectivity index (χ0) is 23.1. The van der Waals surface area contributed by atoms with E-state index in [0.717, 1.165) is 57.8 Å². The standard InChI is InChI=1S/C24H35N7O3/c1-15-8-20(30-29-15)25-19-11-21(34-7-4-31-2-5-33-6-3-31)27-23(26-19)28-22-17-9-16-10-18(22)14-24(32,12-16)13-17/h8,11,16-18,22,32H,2-7,9-10,12-14H2,1H3,(H3,25,26,27,28,29,30). The molecule has 7 rings (SSSR count). The fourth-order valence-electron chi connectivity index (χ4n) is 6.71. The molecule has 0 amide bonds. The maximum absolute atomic E-state index is 10.9. The first-order valence-corrected chi connectivity index (χ1v) is 12.6. The molecule has 5 fully saturated rings. The molecule has 2 atom stereocenters. The number of nitrogens with zero attached hydrogens (tertiary/aromatic N) is 4. The Labute approximate surface area is 199 Å².